The Labute approximate surface area is 60.0 Å². The maximum absolute atomic E-state index is 9.93. The van der Waals surface area contributed by atoms with Crippen LogP contribution in [0.15, 0.2) is 0 Å². The van der Waals surface area contributed by atoms with Crippen molar-refractivity contribution >= 4 is 5.97 Å². The van der Waals surface area contributed by atoms with E-state index in [1.807, 2.05) is 0 Å². The van der Waals surface area contributed by atoms with Gasteiger partial charge in [0.1, 0.15) is 6.61 Å². The molecule has 0 saturated heterocycles. The molecule has 0 bridgehead atoms. The first-order valence-corrected chi connectivity index (χ1v) is 2.94. The summed E-state index contributed by atoms with van der Waals surface area (Å²) in [7, 11) is 1.55. The number of hydrogen-bond donors (Lipinski definition) is 1. The van der Waals surface area contributed by atoms with E-state index in [-0.39, 0.29) is 6.42 Å². The molecule has 0 radical (unpaired) electrons. The molecule has 56 valence electrons. The van der Waals surface area contributed by atoms with E-state index in [1.54, 1.807) is 7.11 Å². The lowest BCUT2D eigenvalue weighted by Gasteiger charge is -1.84. The zero-order valence-corrected chi connectivity index (χ0v) is 5.89. The first-order chi connectivity index (χ1) is 4.77. The minimum atomic E-state index is -0.813. The summed E-state index contributed by atoms with van der Waals surface area (Å²) < 4.78 is 4.63. The van der Waals surface area contributed by atoms with Crippen molar-refractivity contribution in [3.8, 4) is 11.8 Å². The van der Waals surface area contributed by atoms with Gasteiger partial charge < -0.3 is 9.84 Å². The number of carbonyl (C=O) groups is 1. The number of carboxylic acids is 1. The fraction of sp³-hybridized carbons (Fsp3) is 0.571. The Kier molecular flexibility index (Phi) is 5.50. The average Bonchev–Trinajstić information content (AvgIpc) is 1.87. The highest BCUT2D eigenvalue weighted by Gasteiger charge is 1.90. The SMILES string of the molecule is COCC#CCCC(=O)O. The zero-order valence-electron chi connectivity index (χ0n) is 5.89. The number of rotatable bonds is 3. The fourth-order valence-electron chi connectivity index (χ4n) is 0.381. The van der Waals surface area contributed by atoms with E-state index in [0.717, 1.165) is 0 Å². The molecule has 0 aliphatic heterocycles. The van der Waals surface area contributed by atoms with Gasteiger partial charge in [0, 0.05) is 13.5 Å². The molecule has 0 unspecified atom stereocenters. The predicted octanol–water partition coefficient (Wildman–Crippen LogP) is 0.501. The fourth-order valence-corrected chi connectivity index (χ4v) is 0.381. The third-order valence-electron chi connectivity index (χ3n) is 0.805. The molecule has 0 aliphatic rings. The quantitative estimate of drug-likeness (QED) is 0.584. The number of hydrogen-bond acceptors (Lipinski definition) is 2. The van der Waals surface area contributed by atoms with Gasteiger partial charge >= 0.3 is 5.97 Å². The van der Waals surface area contributed by atoms with Crippen LogP contribution in [0.4, 0.5) is 0 Å². The van der Waals surface area contributed by atoms with E-state index in [0.29, 0.717) is 13.0 Å². The van der Waals surface area contributed by atoms with Crippen LogP contribution >= 0.6 is 0 Å². The lowest BCUT2D eigenvalue weighted by atomic mass is 10.3. The lowest BCUT2D eigenvalue weighted by molar-refractivity contribution is -0.136. The molecule has 0 heterocycles. The van der Waals surface area contributed by atoms with Gasteiger partial charge in [-0.1, -0.05) is 5.92 Å². The van der Waals surface area contributed by atoms with Crippen LogP contribution in [0.5, 0.6) is 0 Å². The van der Waals surface area contributed by atoms with Crippen LogP contribution in [0.1, 0.15) is 12.8 Å². The Hall–Kier alpha value is -1.01. The van der Waals surface area contributed by atoms with Crippen LogP contribution in [0.3, 0.4) is 0 Å². The topological polar surface area (TPSA) is 46.5 Å². The van der Waals surface area contributed by atoms with Gasteiger partial charge in [-0.3, -0.25) is 4.79 Å². The van der Waals surface area contributed by atoms with E-state index in [1.165, 1.54) is 0 Å². The number of aliphatic carboxylic acids is 1. The molecule has 0 atom stereocenters. The summed E-state index contributed by atoms with van der Waals surface area (Å²) in [5, 5.41) is 8.17. The molecular formula is C7H10O3. The monoisotopic (exact) mass is 142 g/mol. The second-order valence-corrected chi connectivity index (χ2v) is 1.68. The minimum Gasteiger partial charge on any atom is -0.481 e. The van der Waals surface area contributed by atoms with Gasteiger partial charge in [0.05, 0.1) is 6.42 Å². The van der Waals surface area contributed by atoms with Gasteiger partial charge in [0.15, 0.2) is 0 Å². The van der Waals surface area contributed by atoms with Gasteiger partial charge in [-0.15, -0.1) is 5.92 Å². The highest BCUT2D eigenvalue weighted by molar-refractivity contribution is 5.66. The molecule has 0 rings (SSSR count). The van der Waals surface area contributed by atoms with Gasteiger partial charge in [-0.25, -0.2) is 0 Å². The van der Waals surface area contributed by atoms with E-state index in [2.05, 4.69) is 16.6 Å². The van der Waals surface area contributed by atoms with Crippen LogP contribution in [-0.2, 0) is 9.53 Å². The molecule has 0 aliphatic carbocycles. The van der Waals surface area contributed by atoms with E-state index < -0.39 is 5.97 Å². The Balaban J connectivity index is 3.20. The summed E-state index contributed by atoms with van der Waals surface area (Å²) in [6, 6.07) is 0. The van der Waals surface area contributed by atoms with Crippen LogP contribution in [0, 0.1) is 11.8 Å². The van der Waals surface area contributed by atoms with Gasteiger partial charge in [-0.2, -0.15) is 0 Å². The maximum atomic E-state index is 9.93. The van der Waals surface area contributed by atoms with Crippen LogP contribution < -0.4 is 0 Å². The molecule has 0 aromatic carbocycles. The summed E-state index contributed by atoms with van der Waals surface area (Å²) in [5.41, 5.74) is 0. The highest BCUT2D eigenvalue weighted by Crippen LogP contribution is 1.84. The lowest BCUT2D eigenvalue weighted by Crippen LogP contribution is -1.92. The van der Waals surface area contributed by atoms with Gasteiger partial charge in [0.2, 0.25) is 0 Å². The Bertz CT molecular complexity index is 152. The smallest absolute Gasteiger partial charge is 0.304 e. The van der Waals surface area contributed by atoms with Crippen molar-refractivity contribution in [1.29, 1.82) is 0 Å². The largest absolute Gasteiger partial charge is 0.481 e. The molecule has 10 heavy (non-hydrogen) atoms. The van der Waals surface area contributed by atoms with Crippen molar-refractivity contribution < 1.29 is 14.6 Å². The van der Waals surface area contributed by atoms with E-state index in [4.69, 9.17) is 5.11 Å². The Morgan fingerprint density at radius 1 is 1.60 bits per heavy atom. The summed E-state index contributed by atoms with van der Waals surface area (Å²) in [6.45, 7) is 0.375. The number of methoxy groups -OCH3 is 1. The Morgan fingerprint density at radius 2 is 2.30 bits per heavy atom. The van der Waals surface area contributed by atoms with Crippen molar-refractivity contribution in [3.05, 3.63) is 0 Å². The van der Waals surface area contributed by atoms with Crippen molar-refractivity contribution in [2.24, 2.45) is 0 Å². The van der Waals surface area contributed by atoms with Gasteiger partial charge in [0.25, 0.3) is 0 Å². The van der Waals surface area contributed by atoms with Crippen molar-refractivity contribution in [2.45, 2.75) is 12.8 Å². The van der Waals surface area contributed by atoms with E-state index in [9.17, 15) is 4.79 Å². The first kappa shape index (κ1) is 8.99. The first-order valence-electron chi connectivity index (χ1n) is 2.94. The highest BCUT2D eigenvalue weighted by atomic mass is 16.5. The van der Waals surface area contributed by atoms with Gasteiger partial charge in [-0.05, 0) is 0 Å². The normalized spacial score (nSPS) is 8.10. The molecule has 0 spiro atoms. The third kappa shape index (κ3) is 6.99. The van der Waals surface area contributed by atoms with Crippen LogP contribution in [0.2, 0.25) is 0 Å². The van der Waals surface area contributed by atoms with Crippen molar-refractivity contribution in [2.75, 3.05) is 13.7 Å². The summed E-state index contributed by atoms with van der Waals surface area (Å²) in [6.07, 6.45) is 0.509. The predicted molar refractivity (Wildman–Crippen MR) is 36.5 cm³/mol. The molecule has 0 aromatic heterocycles. The molecule has 0 saturated carbocycles. The second kappa shape index (κ2) is 6.12. The molecule has 0 aromatic rings. The molecule has 3 heteroatoms. The van der Waals surface area contributed by atoms with Crippen LogP contribution in [-0.4, -0.2) is 24.8 Å². The van der Waals surface area contributed by atoms with E-state index >= 15 is 0 Å². The second-order valence-electron chi connectivity index (χ2n) is 1.68. The van der Waals surface area contributed by atoms with Crippen LogP contribution in [0.25, 0.3) is 0 Å². The number of ether oxygens (including phenoxy) is 1. The summed E-state index contributed by atoms with van der Waals surface area (Å²) >= 11 is 0. The maximum Gasteiger partial charge on any atom is 0.304 e. The molecule has 3 nitrogen and oxygen atoms in total. The standard InChI is InChI=1S/C7H10O3/c1-10-6-4-2-3-5-7(8)9/h3,5-6H2,1H3,(H,8,9). The molecule has 1 N–H and O–H groups in total. The molecule has 0 amide bonds. The van der Waals surface area contributed by atoms with Crippen molar-refractivity contribution in [1.82, 2.24) is 0 Å². The zero-order chi connectivity index (χ0) is 7.82. The number of carboxylic acid groups (broad SMARTS) is 1. The molecule has 0 fully saturated rings. The molecular weight excluding hydrogens is 132 g/mol. The summed E-state index contributed by atoms with van der Waals surface area (Å²) in [4.78, 5) is 9.93. The third-order valence-corrected chi connectivity index (χ3v) is 0.805. The van der Waals surface area contributed by atoms with Crippen molar-refractivity contribution in [3.63, 3.8) is 0 Å². The average molecular weight is 142 g/mol. The minimum absolute atomic E-state index is 0.108. The Morgan fingerprint density at radius 3 is 2.80 bits per heavy atom. The summed E-state index contributed by atoms with van der Waals surface area (Å²) in [5.74, 6) is 4.50.